The van der Waals surface area contributed by atoms with E-state index in [9.17, 15) is 4.79 Å². The SMILES string of the molecule is CCOCCOCc1cccc(NC(=O)C(C)Oc2ccc(-c3ccccc3)cc2)c1. The van der Waals surface area contributed by atoms with Crippen LogP contribution >= 0.6 is 0 Å². The van der Waals surface area contributed by atoms with Crippen LogP contribution < -0.4 is 10.1 Å². The molecule has 5 heteroatoms. The van der Waals surface area contributed by atoms with Crippen molar-refractivity contribution in [1.82, 2.24) is 0 Å². The van der Waals surface area contributed by atoms with Crippen molar-refractivity contribution in [2.75, 3.05) is 25.1 Å². The van der Waals surface area contributed by atoms with Gasteiger partial charge in [-0.2, -0.15) is 0 Å². The first kappa shape index (κ1) is 22.5. The highest BCUT2D eigenvalue weighted by atomic mass is 16.5. The molecule has 0 saturated carbocycles. The third kappa shape index (κ3) is 7.24. The Morgan fingerprint density at radius 3 is 2.32 bits per heavy atom. The molecule has 31 heavy (non-hydrogen) atoms. The second kappa shape index (κ2) is 11.9. The summed E-state index contributed by atoms with van der Waals surface area (Å²) in [6, 6.07) is 25.5. The average molecular weight is 420 g/mol. The van der Waals surface area contributed by atoms with E-state index in [0.29, 0.717) is 37.9 Å². The Bertz CT molecular complexity index is 941. The van der Waals surface area contributed by atoms with Crippen LogP contribution in [0.5, 0.6) is 5.75 Å². The summed E-state index contributed by atoms with van der Waals surface area (Å²) in [7, 11) is 0. The maximum absolute atomic E-state index is 12.6. The number of carbonyl (C=O) groups is 1. The third-order valence-electron chi connectivity index (χ3n) is 4.68. The van der Waals surface area contributed by atoms with E-state index in [4.69, 9.17) is 14.2 Å². The smallest absolute Gasteiger partial charge is 0.265 e. The van der Waals surface area contributed by atoms with Gasteiger partial charge >= 0.3 is 0 Å². The van der Waals surface area contributed by atoms with Crippen molar-refractivity contribution in [2.45, 2.75) is 26.6 Å². The van der Waals surface area contributed by atoms with Gasteiger partial charge in [0.05, 0.1) is 19.8 Å². The maximum atomic E-state index is 12.6. The van der Waals surface area contributed by atoms with Gasteiger partial charge in [-0.1, -0.05) is 54.6 Å². The predicted molar refractivity (Wildman–Crippen MR) is 123 cm³/mol. The van der Waals surface area contributed by atoms with E-state index in [0.717, 1.165) is 16.7 Å². The highest BCUT2D eigenvalue weighted by Crippen LogP contribution is 2.23. The molecule has 0 aliphatic carbocycles. The highest BCUT2D eigenvalue weighted by molar-refractivity contribution is 5.94. The summed E-state index contributed by atoms with van der Waals surface area (Å²) in [5.74, 6) is 0.445. The Labute approximate surface area is 184 Å². The Hall–Kier alpha value is -3.15. The summed E-state index contributed by atoms with van der Waals surface area (Å²) >= 11 is 0. The minimum atomic E-state index is -0.631. The van der Waals surface area contributed by atoms with Gasteiger partial charge in [0.2, 0.25) is 0 Å². The van der Waals surface area contributed by atoms with Crippen LogP contribution in [-0.4, -0.2) is 31.8 Å². The first-order valence-electron chi connectivity index (χ1n) is 10.5. The fraction of sp³-hybridized carbons (Fsp3) is 0.269. The van der Waals surface area contributed by atoms with Crippen LogP contribution in [0.25, 0.3) is 11.1 Å². The topological polar surface area (TPSA) is 56.8 Å². The van der Waals surface area contributed by atoms with Gasteiger partial charge in [-0.15, -0.1) is 0 Å². The van der Waals surface area contributed by atoms with Crippen molar-refractivity contribution in [3.63, 3.8) is 0 Å². The van der Waals surface area contributed by atoms with E-state index >= 15 is 0 Å². The van der Waals surface area contributed by atoms with Crippen LogP contribution in [0.1, 0.15) is 19.4 Å². The lowest BCUT2D eigenvalue weighted by Gasteiger charge is -2.15. The van der Waals surface area contributed by atoms with Crippen molar-refractivity contribution < 1.29 is 19.0 Å². The summed E-state index contributed by atoms with van der Waals surface area (Å²) in [4.78, 5) is 12.6. The fourth-order valence-corrected chi connectivity index (χ4v) is 3.05. The first-order chi connectivity index (χ1) is 15.2. The normalized spacial score (nSPS) is 11.7. The Morgan fingerprint density at radius 1 is 0.871 bits per heavy atom. The van der Waals surface area contributed by atoms with Gasteiger partial charge in [0.25, 0.3) is 5.91 Å². The summed E-state index contributed by atoms with van der Waals surface area (Å²) in [6.45, 7) is 5.96. The van der Waals surface area contributed by atoms with Crippen LogP contribution in [0.2, 0.25) is 0 Å². The lowest BCUT2D eigenvalue weighted by molar-refractivity contribution is -0.122. The van der Waals surface area contributed by atoms with Gasteiger partial charge in [0.1, 0.15) is 5.75 Å². The summed E-state index contributed by atoms with van der Waals surface area (Å²) in [5.41, 5.74) is 3.94. The standard InChI is InChI=1S/C26H29NO4/c1-3-29-16-17-30-19-21-8-7-11-24(18-21)27-26(28)20(2)31-25-14-12-23(13-15-25)22-9-5-4-6-10-22/h4-15,18,20H,3,16-17,19H2,1-2H3,(H,27,28). The second-order valence-electron chi connectivity index (χ2n) is 7.09. The molecule has 0 aromatic heterocycles. The summed E-state index contributed by atoms with van der Waals surface area (Å²) in [6.07, 6.45) is -0.631. The minimum Gasteiger partial charge on any atom is -0.481 e. The largest absolute Gasteiger partial charge is 0.481 e. The van der Waals surface area contributed by atoms with Crippen LogP contribution in [0.15, 0.2) is 78.9 Å². The third-order valence-corrected chi connectivity index (χ3v) is 4.68. The molecule has 162 valence electrons. The zero-order valence-electron chi connectivity index (χ0n) is 18.0. The van der Waals surface area contributed by atoms with Crippen LogP contribution in [0.3, 0.4) is 0 Å². The zero-order valence-corrected chi connectivity index (χ0v) is 18.0. The van der Waals surface area contributed by atoms with E-state index in [1.165, 1.54) is 0 Å². The molecule has 1 atom stereocenters. The zero-order chi connectivity index (χ0) is 21.9. The van der Waals surface area contributed by atoms with E-state index in [-0.39, 0.29) is 5.91 Å². The van der Waals surface area contributed by atoms with Gasteiger partial charge in [-0.05, 0) is 54.8 Å². The van der Waals surface area contributed by atoms with Crippen molar-refractivity contribution in [1.29, 1.82) is 0 Å². The van der Waals surface area contributed by atoms with E-state index in [2.05, 4.69) is 17.4 Å². The number of ether oxygens (including phenoxy) is 3. The van der Waals surface area contributed by atoms with Gasteiger partial charge in [-0.3, -0.25) is 4.79 Å². The lowest BCUT2D eigenvalue weighted by atomic mass is 10.1. The highest BCUT2D eigenvalue weighted by Gasteiger charge is 2.15. The van der Waals surface area contributed by atoms with Gasteiger partial charge in [0, 0.05) is 12.3 Å². The van der Waals surface area contributed by atoms with E-state index in [1.54, 1.807) is 6.92 Å². The molecule has 0 aliphatic rings. The van der Waals surface area contributed by atoms with Crippen LogP contribution in [-0.2, 0) is 20.9 Å². The quantitative estimate of drug-likeness (QED) is 0.428. The molecule has 5 nitrogen and oxygen atoms in total. The predicted octanol–water partition coefficient (Wildman–Crippen LogP) is 5.31. The summed E-state index contributed by atoms with van der Waals surface area (Å²) < 4.78 is 16.7. The number of rotatable bonds is 11. The molecular weight excluding hydrogens is 390 g/mol. The first-order valence-corrected chi connectivity index (χ1v) is 10.5. The van der Waals surface area contributed by atoms with Crippen LogP contribution in [0.4, 0.5) is 5.69 Å². The lowest BCUT2D eigenvalue weighted by Crippen LogP contribution is -2.30. The number of benzene rings is 3. The van der Waals surface area contributed by atoms with E-state index in [1.807, 2.05) is 73.7 Å². The minimum absolute atomic E-state index is 0.207. The van der Waals surface area contributed by atoms with Gasteiger partial charge in [0.15, 0.2) is 6.10 Å². The molecule has 0 saturated heterocycles. The number of hydrogen-bond donors (Lipinski definition) is 1. The van der Waals surface area contributed by atoms with Crippen molar-refractivity contribution in [3.05, 3.63) is 84.4 Å². The van der Waals surface area contributed by atoms with Crippen molar-refractivity contribution >= 4 is 11.6 Å². The van der Waals surface area contributed by atoms with E-state index < -0.39 is 6.10 Å². The molecule has 0 fully saturated rings. The number of anilines is 1. The number of nitrogens with one attached hydrogen (secondary N) is 1. The molecule has 0 bridgehead atoms. The molecule has 3 aromatic carbocycles. The van der Waals surface area contributed by atoms with Gasteiger partial charge < -0.3 is 19.5 Å². The number of carbonyl (C=O) groups excluding carboxylic acids is 1. The molecule has 0 aliphatic heterocycles. The summed E-state index contributed by atoms with van der Waals surface area (Å²) in [5, 5.41) is 2.91. The fourth-order valence-electron chi connectivity index (χ4n) is 3.05. The molecular formula is C26H29NO4. The molecule has 1 unspecified atom stereocenters. The number of amides is 1. The Morgan fingerprint density at radius 2 is 1.58 bits per heavy atom. The molecule has 1 amide bonds. The maximum Gasteiger partial charge on any atom is 0.265 e. The van der Waals surface area contributed by atoms with Gasteiger partial charge in [-0.25, -0.2) is 0 Å². The molecule has 0 spiro atoms. The molecule has 3 aromatic rings. The van der Waals surface area contributed by atoms with Crippen LogP contribution in [0, 0.1) is 0 Å². The molecule has 3 rings (SSSR count). The molecule has 0 heterocycles. The van der Waals surface area contributed by atoms with Crippen molar-refractivity contribution in [2.24, 2.45) is 0 Å². The molecule has 1 N–H and O–H groups in total. The molecule has 0 radical (unpaired) electrons. The second-order valence-corrected chi connectivity index (χ2v) is 7.09. The van der Waals surface area contributed by atoms with Crippen molar-refractivity contribution in [3.8, 4) is 16.9 Å². The average Bonchev–Trinajstić information content (AvgIpc) is 2.80. The Kier molecular flexibility index (Phi) is 8.64. The Balaban J connectivity index is 1.50. The number of hydrogen-bond acceptors (Lipinski definition) is 4. The monoisotopic (exact) mass is 419 g/mol.